The van der Waals surface area contributed by atoms with E-state index in [2.05, 4.69) is 11.3 Å². The lowest BCUT2D eigenvalue weighted by atomic mass is 9.98. The molecule has 0 aromatic carbocycles. The van der Waals surface area contributed by atoms with Gasteiger partial charge in [-0.1, -0.05) is 6.58 Å². The van der Waals surface area contributed by atoms with Crippen molar-refractivity contribution in [1.82, 2.24) is 0 Å². The van der Waals surface area contributed by atoms with E-state index in [1.807, 2.05) is 0 Å². The lowest BCUT2D eigenvalue weighted by Crippen LogP contribution is -2.39. The minimum Gasteiger partial charge on any atom is -0.481 e. The van der Waals surface area contributed by atoms with Gasteiger partial charge in [0, 0.05) is 6.08 Å². The first-order valence-corrected chi connectivity index (χ1v) is 4.30. The highest BCUT2D eigenvalue weighted by molar-refractivity contribution is 5.89. The summed E-state index contributed by atoms with van der Waals surface area (Å²) >= 11 is 0. The summed E-state index contributed by atoms with van der Waals surface area (Å²) < 4.78 is 4.28. The first-order valence-electron chi connectivity index (χ1n) is 4.30. The highest BCUT2D eigenvalue weighted by atomic mass is 16.6. The third-order valence-electron chi connectivity index (χ3n) is 1.73. The Morgan fingerprint density at radius 2 is 1.65 bits per heavy atom. The predicted molar refractivity (Wildman–Crippen MR) is 51.1 cm³/mol. The van der Waals surface area contributed by atoms with Crippen molar-refractivity contribution in [2.24, 2.45) is 5.92 Å². The van der Waals surface area contributed by atoms with E-state index in [1.54, 1.807) is 0 Å². The SMILES string of the molecule is C=CC(=O)OC(C(=O)O)C(CC(=O)O)C(=O)O. The highest BCUT2D eigenvalue weighted by Gasteiger charge is 2.38. The van der Waals surface area contributed by atoms with Crippen molar-refractivity contribution in [3.05, 3.63) is 12.7 Å². The van der Waals surface area contributed by atoms with Gasteiger partial charge in [0.05, 0.1) is 6.42 Å². The van der Waals surface area contributed by atoms with Gasteiger partial charge >= 0.3 is 23.9 Å². The number of hydrogen-bond donors (Lipinski definition) is 3. The van der Waals surface area contributed by atoms with Gasteiger partial charge in [0.15, 0.2) is 0 Å². The maximum absolute atomic E-state index is 10.8. The second kappa shape index (κ2) is 6.26. The van der Waals surface area contributed by atoms with Gasteiger partial charge in [-0.05, 0) is 0 Å². The molecule has 0 heterocycles. The van der Waals surface area contributed by atoms with Crippen molar-refractivity contribution in [1.29, 1.82) is 0 Å². The Kier molecular flexibility index (Phi) is 5.38. The first kappa shape index (κ1) is 14.6. The number of esters is 1. The van der Waals surface area contributed by atoms with Gasteiger partial charge in [0.2, 0.25) is 6.10 Å². The number of hydrogen-bond acceptors (Lipinski definition) is 5. The minimum absolute atomic E-state index is 0.648. The van der Waals surface area contributed by atoms with Gasteiger partial charge < -0.3 is 20.1 Å². The molecule has 0 saturated carbocycles. The molecule has 2 atom stereocenters. The van der Waals surface area contributed by atoms with Crippen LogP contribution in [0, 0.1) is 5.92 Å². The molecule has 0 aromatic rings. The van der Waals surface area contributed by atoms with Crippen molar-refractivity contribution >= 4 is 23.9 Å². The lowest BCUT2D eigenvalue weighted by molar-refractivity contribution is -0.172. The largest absolute Gasteiger partial charge is 0.481 e. The number of ether oxygens (including phenoxy) is 1. The average Bonchev–Trinajstić information content (AvgIpc) is 2.21. The number of aliphatic carboxylic acids is 3. The van der Waals surface area contributed by atoms with E-state index in [0.717, 1.165) is 0 Å². The molecule has 0 aliphatic rings. The molecule has 2 unspecified atom stereocenters. The highest BCUT2D eigenvalue weighted by Crippen LogP contribution is 2.14. The summed E-state index contributed by atoms with van der Waals surface area (Å²) in [5, 5.41) is 25.8. The average molecular weight is 246 g/mol. The molecule has 0 rings (SSSR count). The Morgan fingerprint density at radius 1 is 1.12 bits per heavy atom. The van der Waals surface area contributed by atoms with Gasteiger partial charge in [-0.15, -0.1) is 0 Å². The van der Waals surface area contributed by atoms with Crippen molar-refractivity contribution in [2.45, 2.75) is 12.5 Å². The molecule has 0 aliphatic carbocycles. The van der Waals surface area contributed by atoms with E-state index in [-0.39, 0.29) is 0 Å². The quantitative estimate of drug-likeness (QED) is 0.397. The van der Waals surface area contributed by atoms with Gasteiger partial charge in [0.25, 0.3) is 0 Å². The summed E-state index contributed by atoms with van der Waals surface area (Å²) in [5.41, 5.74) is 0. The van der Waals surface area contributed by atoms with E-state index >= 15 is 0 Å². The molecule has 0 fully saturated rings. The molecule has 0 radical (unpaired) electrons. The zero-order valence-electron chi connectivity index (χ0n) is 8.53. The van der Waals surface area contributed by atoms with Crippen LogP contribution in [0.1, 0.15) is 6.42 Å². The van der Waals surface area contributed by atoms with Crippen LogP contribution in [0.25, 0.3) is 0 Å². The molecular formula is C9H10O8. The molecule has 0 amide bonds. The summed E-state index contributed by atoms with van der Waals surface area (Å²) in [4.78, 5) is 42.6. The number of carboxylic acid groups (broad SMARTS) is 3. The van der Waals surface area contributed by atoms with Crippen LogP contribution in [-0.2, 0) is 23.9 Å². The summed E-state index contributed by atoms with van der Waals surface area (Å²) in [6, 6.07) is 0. The van der Waals surface area contributed by atoms with Crippen LogP contribution in [0.2, 0.25) is 0 Å². The molecule has 0 bridgehead atoms. The smallest absolute Gasteiger partial charge is 0.345 e. The van der Waals surface area contributed by atoms with E-state index < -0.39 is 42.3 Å². The molecular weight excluding hydrogens is 236 g/mol. The number of carbonyl (C=O) groups excluding carboxylic acids is 1. The van der Waals surface area contributed by atoms with Crippen LogP contribution in [0.3, 0.4) is 0 Å². The van der Waals surface area contributed by atoms with Crippen LogP contribution in [0.5, 0.6) is 0 Å². The van der Waals surface area contributed by atoms with Gasteiger partial charge in [-0.2, -0.15) is 0 Å². The molecule has 0 aromatic heterocycles. The van der Waals surface area contributed by atoms with E-state index in [9.17, 15) is 19.2 Å². The molecule has 8 nitrogen and oxygen atoms in total. The Morgan fingerprint density at radius 3 is 1.94 bits per heavy atom. The fourth-order valence-electron chi connectivity index (χ4n) is 0.990. The predicted octanol–water partition coefficient (Wildman–Crippen LogP) is -0.656. The first-order chi connectivity index (χ1) is 7.79. The number of carboxylic acids is 3. The monoisotopic (exact) mass is 246 g/mol. The molecule has 0 saturated heterocycles. The third-order valence-corrected chi connectivity index (χ3v) is 1.73. The van der Waals surface area contributed by atoms with Crippen LogP contribution < -0.4 is 0 Å². The summed E-state index contributed by atoms with van der Waals surface area (Å²) in [7, 11) is 0. The molecule has 3 N–H and O–H groups in total. The van der Waals surface area contributed by atoms with Crippen molar-refractivity contribution in [3.8, 4) is 0 Å². The maximum atomic E-state index is 10.8. The third kappa shape index (κ3) is 4.78. The van der Waals surface area contributed by atoms with Crippen LogP contribution >= 0.6 is 0 Å². The van der Waals surface area contributed by atoms with Gasteiger partial charge in [-0.25, -0.2) is 9.59 Å². The second-order valence-corrected chi connectivity index (χ2v) is 2.94. The summed E-state index contributed by atoms with van der Waals surface area (Å²) in [6.45, 7) is 3.01. The Bertz CT molecular complexity index is 358. The lowest BCUT2D eigenvalue weighted by Gasteiger charge is -2.18. The maximum Gasteiger partial charge on any atom is 0.345 e. The topological polar surface area (TPSA) is 138 Å². The van der Waals surface area contributed by atoms with Crippen molar-refractivity contribution in [2.75, 3.05) is 0 Å². The zero-order chi connectivity index (χ0) is 13.6. The van der Waals surface area contributed by atoms with Crippen LogP contribution in [-0.4, -0.2) is 45.3 Å². The second-order valence-electron chi connectivity index (χ2n) is 2.94. The fraction of sp³-hybridized carbons (Fsp3) is 0.333. The van der Waals surface area contributed by atoms with Crippen molar-refractivity contribution in [3.63, 3.8) is 0 Å². The molecule has 94 valence electrons. The van der Waals surface area contributed by atoms with E-state index in [4.69, 9.17) is 15.3 Å². The number of carbonyl (C=O) groups is 4. The Balaban J connectivity index is 5.02. The Labute approximate surface area is 95.1 Å². The van der Waals surface area contributed by atoms with Gasteiger partial charge in [-0.3, -0.25) is 9.59 Å². The molecule has 8 heteroatoms. The van der Waals surface area contributed by atoms with E-state index in [1.165, 1.54) is 0 Å². The van der Waals surface area contributed by atoms with E-state index in [0.29, 0.717) is 6.08 Å². The molecule has 0 spiro atoms. The fourth-order valence-corrected chi connectivity index (χ4v) is 0.990. The summed E-state index contributed by atoms with van der Waals surface area (Å²) in [6.07, 6.45) is -2.40. The van der Waals surface area contributed by atoms with Gasteiger partial charge in [0.1, 0.15) is 5.92 Å². The van der Waals surface area contributed by atoms with Crippen LogP contribution in [0.4, 0.5) is 0 Å². The zero-order valence-corrected chi connectivity index (χ0v) is 8.53. The van der Waals surface area contributed by atoms with Crippen LogP contribution in [0.15, 0.2) is 12.7 Å². The molecule has 17 heavy (non-hydrogen) atoms. The normalized spacial score (nSPS) is 13.2. The molecule has 0 aliphatic heterocycles. The standard InChI is InChI=1S/C9H10O8/c1-2-6(12)17-7(9(15)16)4(8(13)14)3-5(10)11/h2,4,7H,1,3H2,(H,10,11)(H,13,14)(H,15,16). The Hall–Kier alpha value is -2.38. The summed E-state index contributed by atoms with van der Waals surface area (Å²) in [5.74, 6) is -7.95. The number of rotatable bonds is 7. The minimum atomic E-state index is -2.07. The van der Waals surface area contributed by atoms with Crippen molar-refractivity contribution < 1.29 is 39.2 Å².